The SMILES string of the molecule is Cc1ccc(Cl)cc1N([C@@H](C)C(=O)NCCCN1CCN(C)CC1)S(C)(=O)=O. The maximum Gasteiger partial charge on any atom is 0.243 e. The molecule has 0 unspecified atom stereocenters. The first-order valence-electron chi connectivity index (χ1n) is 9.54. The third kappa shape index (κ3) is 6.34. The number of hydrogen-bond acceptors (Lipinski definition) is 5. The van der Waals surface area contributed by atoms with Crippen LogP contribution in [0.2, 0.25) is 5.02 Å². The highest BCUT2D eigenvalue weighted by molar-refractivity contribution is 7.92. The molecule has 1 amide bonds. The lowest BCUT2D eigenvalue weighted by Crippen LogP contribution is -2.49. The first-order valence-corrected chi connectivity index (χ1v) is 11.8. The highest BCUT2D eigenvalue weighted by Crippen LogP contribution is 2.28. The lowest BCUT2D eigenvalue weighted by atomic mass is 10.1. The maximum absolute atomic E-state index is 12.6. The predicted molar refractivity (Wildman–Crippen MR) is 115 cm³/mol. The molecule has 1 saturated heterocycles. The van der Waals surface area contributed by atoms with Crippen LogP contribution in [0.4, 0.5) is 5.69 Å². The summed E-state index contributed by atoms with van der Waals surface area (Å²) < 4.78 is 25.9. The Bertz CT molecular complexity index is 779. The molecule has 0 aromatic heterocycles. The van der Waals surface area contributed by atoms with E-state index in [0.29, 0.717) is 17.3 Å². The molecule has 0 bridgehead atoms. The van der Waals surface area contributed by atoms with Crippen LogP contribution < -0.4 is 9.62 Å². The van der Waals surface area contributed by atoms with Gasteiger partial charge in [0.25, 0.3) is 0 Å². The van der Waals surface area contributed by atoms with E-state index < -0.39 is 16.1 Å². The van der Waals surface area contributed by atoms with Crippen molar-refractivity contribution in [1.29, 1.82) is 0 Å². The van der Waals surface area contributed by atoms with E-state index in [2.05, 4.69) is 22.2 Å². The fourth-order valence-corrected chi connectivity index (χ4v) is 4.72. The molecule has 0 spiro atoms. The summed E-state index contributed by atoms with van der Waals surface area (Å²) >= 11 is 6.05. The molecule has 0 radical (unpaired) electrons. The number of likely N-dealkylation sites (N-methyl/N-ethyl adjacent to an activating group) is 1. The zero-order valence-corrected chi connectivity index (χ0v) is 18.7. The van der Waals surface area contributed by atoms with Gasteiger partial charge >= 0.3 is 0 Å². The number of aryl methyl sites for hydroxylation is 1. The molecule has 28 heavy (non-hydrogen) atoms. The minimum absolute atomic E-state index is 0.317. The van der Waals surface area contributed by atoms with E-state index in [1.54, 1.807) is 32.0 Å². The fraction of sp³-hybridized carbons (Fsp3) is 0.632. The first-order chi connectivity index (χ1) is 13.1. The van der Waals surface area contributed by atoms with E-state index in [1.807, 2.05) is 0 Å². The van der Waals surface area contributed by atoms with Crippen molar-refractivity contribution >= 4 is 33.2 Å². The highest BCUT2D eigenvalue weighted by Gasteiger charge is 2.30. The summed E-state index contributed by atoms with van der Waals surface area (Å²) in [6.07, 6.45) is 1.93. The Balaban J connectivity index is 1.95. The molecule has 9 heteroatoms. The van der Waals surface area contributed by atoms with Crippen molar-refractivity contribution in [3.63, 3.8) is 0 Å². The van der Waals surface area contributed by atoms with Crippen molar-refractivity contribution < 1.29 is 13.2 Å². The number of rotatable bonds is 8. The van der Waals surface area contributed by atoms with Gasteiger partial charge in [-0.1, -0.05) is 17.7 Å². The van der Waals surface area contributed by atoms with Gasteiger partial charge in [0, 0.05) is 37.7 Å². The van der Waals surface area contributed by atoms with Gasteiger partial charge in [-0.15, -0.1) is 0 Å². The Morgan fingerprint density at radius 1 is 1.29 bits per heavy atom. The molecule has 1 atom stereocenters. The lowest BCUT2D eigenvalue weighted by molar-refractivity contribution is -0.121. The Labute approximate surface area is 173 Å². The summed E-state index contributed by atoms with van der Waals surface area (Å²) in [5.41, 5.74) is 1.17. The van der Waals surface area contributed by atoms with Crippen molar-refractivity contribution in [1.82, 2.24) is 15.1 Å². The van der Waals surface area contributed by atoms with Crippen molar-refractivity contribution in [3.05, 3.63) is 28.8 Å². The number of piperazine rings is 1. The average molecular weight is 431 g/mol. The van der Waals surface area contributed by atoms with Crippen LogP contribution in [0.3, 0.4) is 0 Å². The minimum atomic E-state index is -3.65. The molecule has 1 aromatic carbocycles. The summed E-state index contributed by atoms with van der Waals surface area (Å²) in [5, 5.41) is 3.30. The second kappa shape index (κ2) is 9.91. The van der Waals surface area contributed by atoms with Gasteiger partial charge in [0.15, 0.2) is 0 Å². The number of benzene rings is 1. The molecule has 1 aromatic rings. The molecule has 7 nitrogen and oxygen atoms in total. The second-order valence-electron chi connectivity index (χ2n) is 7.46. The lowest BCUT2D eigenvalue weighted by Gasteiger charge is -2.32. The molecule has 1 N–H and O–H groups in total. The van der Waals surface area contributed by atoms with Gasteiger partial charge in [-0.05, 0) is 51.6 Å². The third-order valence-electron chi connectivity index (χ3n) is 5.04. The van der Waals surface area contributed by atoms with Crippen molar-refractivity contribution in [2.24, 2.45) is 0 Å². The topological polar surface area (TPSA) is 73.0 Å². The number of hydrogen-bond donors (Lipinski definition) is 1. The zero-order chi connectivity index (χ0) is 20.9. The molecule has 1 heterocycles. The Hall–Kier alpha value is -1.35. The normalized spacial score (nSPS) is 17.3. The van der Waals surface area contributed by atoms with Crippen LogP contribution in [-0.4, -0.2) is 82.7 Å². The maximum atomic E-state index is 12.6. The molecule has 158 valence electrons. The van der Waals surface area contributed by atoms with E-state index in [-0.39, 0.29) is 5.91 Å². The number of sulfonamides is 1. The number of carbonyl (C=O) groups is 1. The highest BCUT2D eigenvalue weighted by atomic mass is 35.5. The van der Waals surface area contributed by atoms with E-state index in [9.17, 15) is 13.2 Å². The summed E-state index contributed by atoms with van der Waals surface area (Å²) in [6.45, 7) is 9.03. The summed E-state index contributed by atoms with van der Waals surface area (Å²) in [6, 6.07) is 4.16. The summed E-state index contributed by atoms with van der Waals surface area (Å²) in [4.78, 5) is 17.3. The molecule has 1 aliphatic heterocycles. The molecule has 0 saturated carbocycles. The predicted octanol–water partition coefficient (Wildman–Crippen LogP) is 1.56. The van der Waals surface area contributed by atoms with Gasteiger partial charge in [0.2, 0.25) is 15.9 Å². The number of carbonyl (C=O) groups excluding carboxylic acids is 1. The Morgan fingerprint density at radius 2 is 1.93 bits per heavy atom. The van der Waals surface area contributed by atoms with Crippen molar-refractivity contribution in [3.8, 4) is 0 Å². The van der Waals surface area contributed by atoms with Crippen LogP contribution in [0.5, 0.6) is 0 Å². The summed E-state index contributed by atoms with van der Waals surface area (Å²) in [7, 11) is -1.53. The van der Waals surface area contributed by atoms with E-state index >= 15 is 0 Å². The number of anilines is 1. The molecule has 1 fully saturated rings. The number of amides is 1. The quantitative estimate of drug-likeness (QED) is 0.633. The molecule has 2 rings (SSSR count). The standard InChI is InChI=1S/C19H31ClN4O3S/c1-15-6-7-17(20)14-18(15)24(28(4,26)27)16(2)19(25)21-8-5-9-23-12-10-22(3)11-13-23/h6-7,14,16H,5,8-13H2,1-4H3,(H,21,25)/t16-/m0/s1. The van der Waals surface area contributed by atoms with Crippen molar-refractivity contribution in [2.45, 2.75) is 26.3 Å². The van der Waals surface area contributed by atoms with Crippen LogP contribution in [0.25, 0.3) is 0 Å². The Kier molecular flexibility index (Phi) is 8.12. The molecular formula is C19H31ClN4O3S. The second-order valence-corrected chi connectivity index (χ2v) is 9.75. The van der Waals surface area contributed by atoms with Gasteiger partial charge in [0.05, 0.1) is 11.9 Å². The van der Waals surface area contributed by atoms with E-state index in [0.717, 1.165) is 55.3 Å². The van der Waals surface area contributed by atoms with Crippen LogP contribution in [-0.2, 0) is 14.8 Å². The minimum Gasteiger partial charge on any atom is -0.354 e. The van der Waals surface area contributed by atoms with Crippen LogP contribution in [0, 0.1) is 6.92 Å². The van der Waals surface area contributed by atoms with E-state index in [1.165, 1.54) is 0 Å². The number of halogens is 1. The van der Waals surface area contributed by atoms with Gasteiger partial charge in [-0.25, -0.2) is 8.42 Å². The monoisotopic (exact) mass is 430 g/mol. The van der Waals surface area contributed by atoms with Crippen LogP contribution in [0.1, 0.15) is 18.9 Å². The van der Waals surface area contributed by atoms with Gasteiger partial charge in [0.1, 0.15) is 6.04 Å². The van der Waals surface area contributed by atoms with Gasteiger partial charge in [-0.2, -0.15) is 0 Å². The molecule has 0 aliphatic carbocycles. The van der Waals surface area contributed by atoms with Crippen LogP contribution >= 0.6 is 11.6 Å². The third-order valence-corrected chi connectivity index (χ3v) is 6.51. The number of nitrogens with zero attached hydrogens (tertiary/aromatic N) is 3. The smallest absolute Gasteiger partial charge is 0.243 e. The van der Waals surface area contributed by atoms with Crippen molar-refractivity contribution in [2.75, 3.05) is 56.9 Å². The fourth-order valence-electron chi connectivity index (χ4n) is 3.33. The van der Waals surface area contributed by atoms with Crippen LogP contribution in [0.15, 0.2) is 18.2 Å². The number of nitrogens with one attached hydrogen (secondary N) is 1. The molecular weight excluding hydrogens is 400 g/mol. The Morgan fingerprint density at radius 3 is 2.54 bits per heavy atom. The van der Waals surface area contributed by atoms with E-state index in [4.69, 9.17) is 11.6 Å². The zero-order valence-electron chi connectivity index (χ0n) is 17.1. The largest absolute Gasteiger partial charge is 0.354 e. The summed E-state index contributed by atoms with van der Waals surface area (Å²) in [5.74, 6) is -0.317. The average Bonchev–Trinajstić information content (AvgIpc) is 2.62. The van der Waals surface area contributed by atoms with Gasteiger partial charge in [-0.3, -0.25) is 9.10 Å². The van der Waals surface area contributed by atoms with Gasteiger partial charge < -0.3 is 15.1 Å². The molecule has 1 aliphatic rings. The first kappa shape index (κ1) is 22.9.